The van der Waals surface area contributed by atoms with Crippen molar-refractivity contribution >= 4 is 11.9 Å². The van der Waals surface area contributed by atoms with Gasteiger partial charge in [-0.1, -0.05) is 12.1 Å². The molecule has 1 atom stereocenters. The van der Waals surface area contributed by atoms with Crippen LogP contribution < -0.4 is 10.1 Å². The molecule has 1 aromatic carbocycles. The predicted octanol–water partition coefficient (Wildman–Crippen LogP) is 2.46. The van der Waals surface area contributed by atoms with Crippen LogP contribution in [0.5, 0.6) is 5.75 Å². The van der Waals surface area contributed by atoms with Crippen molar-refractivity contribution < 1.29 is 23.5 Å². The molecule has 122 valence electrons. The van der Waals surface area contributed by atoms with Crippen LogP contribution in [0.1, 0.15) is 28.6 Å². The molecule has 2 rings (SSSR count). The molecular formula is C17H19NO5. The van der Waals surface area contributed by atoms with Gasteiger partial charge in [-0.25, -0.2) is 4.79 Å². The maximum atomic E-state index is 12.0. The number of furan rings is 1. The quantitative estimate of drug-likeness (QED) is 0.828. The predicted molar refractivity (Wildman–Crippen MR) is 83.2 cm³/mol. The molecule has 0 aliphatic rings. The van der Waals surface area contributed by atoms with Crippen molar-refractivity contribution in [3.05, 3.63) is 53.5 Å². The number of methoxy groups -OCH3 is 1. The summed E-state index contributed by atoms with van der Waals surface area (Å²) in [6.45, 7) is 3.52. The van der Waals surface area contributed by atoms with Crippen molar-refractivity contribution in [1.82, 2.24) is 5.32 Å². The van der Waals surface area contributed by atoms with Gasteiger partial charge in [0, 0.05) is 6.54 Å². The number of carbonyl (C=O) groups excluding carboxylic acids is 2. The summed E-state index contributed by atoms with van der Waals surface area (Å²) in [6, 6.07) is 8.84. The average molecular weight is 317 g/mol. The minimum Gasteiger partial charge on any atom is -0.497 e. The summed E-state index contributed by atoms with van der Waals surface area (Å²) >= 11 is 0. The molecule has 0 spiro atoms. The van der Waals surface area contributed by atoms with Crippen molar-refractivity contribution in [1.29, 1.82) is 0 Å². The molecule has 0 aliphatic heterocycles. The van der Waals surface area contributed by atoms with Crippen LogP contribution in [0.25, 0.3) is 0 Å². The number of hydrogen-bond donors (Lipinski definition) is 1. The van der Waals surface area contributed by atoms with Crippen LogP contribution in [0.4, 0.5) is 0 Å². The second-order valence-electron chi connectivity index (χ2n) is 5.00. The molecule has 1 aromatic heterocycles. The first-order valence-electron chi connectivity index (χ1n) is 7.17. The molecule has 1 N–H and O–H groups in total. The number of carbonyl (C=O) groups is 2. The van der Waals surface area contributed by atoms with E-state index < -0.39 is 12.1 Å². The van der Waals surface area contributed by atoms with E-state index in [9.17, 15) is 9.59 Å². The highest BCUT2D eigenvalue weighted by Crippen LogP contribution is 2.12. The fourth-order valence-electron chi connectivity index (χ4n) is 1.95. The van der Waals surface area contributed by atoms with Gasteiger partial charge in [-0.3, -0.25) is 4.79 Å². The number of ether oxygens (including phenoxy) is 2. The number of amides is 1. The van der Waals surface area contributed by atoms with Crippen molar-refractivity contribution in [3.8, 4) is 5.75 Å². The largest absolute Gasteiger partial charge is 0.497 e. The number of rotatable bonds is 6. The van der Waals surface area contributed by atoms with Gasteiger partial charge in [-0.05, 0) is 37.6 Å². The van der Waals surface area contributed by atoms with Crippen molar-refractivity contribution in [3.63, 3.8) is 0 Å². The van der Waals surface area contributed by atoms with Gasteiger partial charge in [0.2, 0.25) is 0 Å². The average Bonchev–Trinajstić information content (AvgIpc) is 2.99. The maximum absolute atomic E-state index is 12.0. The van der Waals surface area contributed by atoms with Crippen LogP contribution in [-0.4, -0.2) is 25.1 Å². The first-order valence-corrected chi connectivity index (χ1v) is 7.17. The van der Waals surface area contributed by atoms with E-state index >= 15 is 0 Å². The Balaban J connectivity index is 1.84. The summed E-state index contributed by atoms with van der Waals surface area (Å²) in [5.74, 6) is 0.261. The summed E-state index contributed by atoms with van der Waals surface area (Å²) in [6.07, 6.45) is 0.510. The number of nitrogens with one attached hydrogen (secondary N) is 1. The molecule has 0 saturated carbocycles. The zero-order valence-electron chi connectivity index (χ0n) is 13.3. The summed E-state index contributed by atoms with van der Waals surface area (Å²) < 4.78 is 15.2. The lowest BCUT2D eigenvalue weighted by Gasteiger charge is -2.13. The summed E-state index contributed by atoms with van der Waals surface area (Å²) in [5.41, 5.74) is 1.24. The molecule has 6 nitrogen and oxygen atoms in total. The molecule has 0 unspecified atom stereocenters. The van der Waals surface area contributed by atoms with Gasteiger partial charge >= 0.3 is 5.97 Å². The first kappa shape index (κ1) is 16.6. The highest BCUT2D eigenvalue weighted by molar-refractivity contribution is 5.92. The van der Waals surface area contributed by atoms with E-state index in [0.717, 1.165) is 11.3 Å². The van der Waals surface area contributed by atoms with Gasteiger partial charge in [0.1, 0.15) is 17.1 Å². The molecule has 6 heteroatoms. The molecule has 0 aliphatic carbocycles. The van der Waals surface area contributed by atoms with E-state index in [1.54, 1.807) is 14.0 Å². The third-order valence-corrected chi connectivity index (χ3v) is 3.36. The highest BCUT2D eigenvalue weighted by Gasteiger charge is 2.20. The standard InChI is InChI=1S/C17H19NO5/c1-11-15(8-9-22-11)17(20)23-12(2)16(19)18-10-13-4-6-14(21-3)7-5-13/h4-9,12H,10H2,1-3H3,(H,18,19)/t12-/m1/s1. The fraction of sp³-hybridized carbons (Fsp3) is 0.294. The Kier molecular flexibility index (Phi) is 5.41. The smallest absolute Gasteiger partial charge is 0.342 e. The van der Waals surface area contributed by atoms with Crippen LogP contribution in [0.3, 0.4) is 0 Å². The molecule has 0 saturated heterocycles. The van der Waals surface area contributed by atoms with E-state index in [0.29, 0.717) is 17.9 Å². The Bertz CT molecular complexity index is 675. The molecule has 2 aromatic rings. The molecule has 0 fully saturated rings. The monoisotopic (exact) mass is 317 g/mol. The fourth-order valence-corrected chi connectivity index (χ4v) is 1.95. The lowest BCUT2D eigenvalue weighted by atomic mass is 10.2. The third kappa shape index (κ3) is 4.35. The maximum Gasteiger partial charge on any atom is 0.342 e. The van der Waals surface area contributed by atoms with Crippen molar-refractivity contribution in [2.45, 2.75) is 26.5 Å². The van der Waals surface area contributed by atoms with Crippen molar-refractivity contribution in [2.75, 3.05) is 7.11 Å². The molecule has 0 radical (unpaired) electrons. The summed E-state index contributed by atoms with van der Waals surface area (Å²) in [5, 5.41) is 2.72. The second kappa shape index (κ2) is 7.49. The van der Waals surface area contributed by atoms with E-state index in [1.165, 1.54) is 19.3 Å². The molecular weight excluding hydrogens is 298 g/mol. The van der Waals surface area contributed by atoms with Gasteiger partial charge in [0.15, 0.2) is 6.10 Å². The summed E-state index contributed by atoms with van der Waals surface area (Å²) in [7, 11) is 1.59. The number of aryl methyl sites for hydroxylation is 1. The molecule has 1 heterocycles. The van der Waals surface area contributed by atoms with Crippen LogP contribution in [-0.2, 0) is 16.1 Å². The summed E-state index contributed by atoms with van der Waals surface area (Å²) in [4.78, 5) is 23.9. The van der Waals surface area contributed by atoms with Crippen LogP contribution in [0, 0.1) is 6.92 Å². The molecule has 23 heavy (non-hydrogen) atoms. The zero-order valence-corrected chi connectivity index (χ0v) is 13.3. The zero-order chi connectivity index (χ0) is 16.8. The van der Waals surface area contributed by atoms with E-state index in [4.69, 9.17) is 13.9 Å². The molecule has 1 amide bonds. The number of esters is 1. The Morgan fingerprint density at radius 2 is 1.91 bits per heavy atom. The van der Waals surface area contributed by atoms with Crippen molar-refractivity contribution in [2.24, 2.45) is 0 Å². The lowest BCUT2D eigenvalue weighted by molar-refractivity contribution is -0.129. The first-order chi connectivity index (χ1) is 11.0. The Hall–Kier alpha value is -2.76. The molecule has 0 bridgehead atoms. The Labute approximate surface area is 134 Å². The van der Waals surface area contributed by atoms with Crippen LogP contribution >= 0.6 is 0 Å². The van der Waals surface area contributed by atoms with Gasteiger partial charge in [0.05, 0.1) is 13.4 Å². The topological polar surface area (TPSA) is 77.8 Å². The van der Waals surface area contributed by atoms with E-state index in [1.807, 2.05) is 24.3 Å². The highest BCUT2D eigenvalue weighted by atomic mass is 16.5. The number of benzene rings is 1. The Morgan fingerprint density at radius 1 is 1.22 bits per heavy atom. The lowest BCUT2D eigenvalue weighted by Crippen LogP contribution is -2.35. The SMILES string of the molecule is COc1ccc(CNC(=O)[C@@H](C)OC(=O)c2ccoc2C)cc1. The van der Waals surface area contributed by atoms with Gasteiger partial charge in [-0.2, -0.15) is 0 Å². The normalized spacial score (nSPS) is 11.6. The third-order valence-electron chi connectivity index (χ3n) is 3.36. The van der Waals surface area contributed by atoms with E-state index in [-0.39, 0.29) is 5.91 Å². The van der Waals surface area contributed by atoms with Crippen LogP contribution in [0.2, 0.25) is 0 Å². The second-order valence-corrected chi connectivity index (χ2v) is 5.00. The number of hydrogen-bond acceptors (Lipinski definition) is 5. The van der Waals surface area contributed by atoms with Gasteiger partial charge in [0.25, 0.3) is 5.91 Å². The minimum atomic E-state index is -0.893. The minimum absolute atomic E-state index is 0.319. The Morgan fingerprint density at radius 3 is 2.48 bits per heavy atom. The van der Waals surface area contributed by atoms with E-state index in [2.05, 4.69) is 5.32 Å². The van der Waals surface area contributed by atoms with Gasteiger partial charge in [-0.15, -0.1) is 0 Å². The van der Waals surface area contributed by atoms with Gasteiger partial charge < -0.3 is 19.2 Å². The van der Waals surface area contributed by atoms with Crippen LogP contribution in [0.15, 0.2) is 41.0 Å².